The second kappa shape index (κ2) is 4.69. The first-order valence-electron chi connectivity index (χ1n) is 6.55. The van der Waals surface area contributed by atoms with E-state index in [1.807, 2.05) is 18.2 Å². The fourth-order valence-corrected chi connectivity index (χ4v) is 2.47. The van der Waals surface area contributed by atoms with Crippen LogP contribution in [0.4, 0.5) is 0 Å². The molecule has 0 radical (unpaired) electrons. The molecule has 1 N–H and O–H groups in total. The van der Waals surface area contributed by atoms with Crippen molar-refractivity contribution < 1.29 is 14.4 Å². The predicted octanol–water partition coefficient (Wildman–Crippen LogP) is 0.0604. The molecule has 7 heteroatoms. The number of nitrogens with zero attached hydrogens (tertiary/aromatic N) is 3. The Labute approximate surface area is 120 Å². The van der Waals surface area contributed by atoms with Crippen LogP contribution in [0, 0.1) is 0 Å². The van der Waals surface area contributed by atoms with Crippen LogP contribution in [0.2, 0.25) is 0 Å². The number of imide groups is 1. The first-order chi connectivity index (χ1) is 9.99. The van der Waals surface area contributed by atoms with Crippen LogP contribution in [0.5, 0.6) is 0 Å². The van der Waals surface area contributed by atoms with Crippen LogP contribution in [-0.4, -0.2) is 45.0 Å². The summed E-state index contributed by atoms with van der Waals surface area (Å²) in [7, 11) is 1.75. The molecule has 1 aromatic carbocycles. The number of aromatic nitrogens is 2. The minimum Gasteiger partial charge on any atom is -0.316 e. The molecule has 1 fully saturated rings. The van der Waals surface area contributed by atoms with Crippen molar-refractivity contribution in [3.05, 3.63) is 30.0 Å². The Morgan fingerprint density at radius 1 is 1.33 bits per heavy atom. The monoisotopic (exact) mass is 286 g/mol. The van der Waals surface area contributed by atoms with Crippen LogP contribution >= 0.6 is 0 Å². The summed E-state index contributed by atoms with van der Waals surface area (Å²) in [5.41, 5.74) is 1.07. The second-order valence-corrected chi connectivity index (χ2v) is 5.01. The molecule has 0 bridgehead atoms. The van der Waals surface area contributed by atoms with E-state index in [4.69, 9.17) is 0 Å². The molecule has 1 aromatic heterocycles. The Hall–Kier alpha value is -2.70. The predicted molar refractivity (Wildman–Crippen MR) is 74.4 cm³/mol. The minimum atomic E-state index is -0.698. The van der Waals surface area contributed by atoms with Gasteiger partial charge in [0.2, 0.25) is 11.8 Å². The number of aryl methyl sites for hydroxylation is 1. The van der Waals surface area contributed by atoms with E-state index in [2.05, 4.69) is 10.4 Å². The molecule has 3 rings (SSSR count). The number of carbonyl (C=O) groups is 3. The molecule has 2 aromatic rings. The number of hydrogen-bond acceptors (Lipinski definition) is 4. The zero-order chi connectivity index (χ0) is 15.1. The molecule has 2 heterocycles. The molecule has 0 saturated carbocycles. The molecule has 21 heavy (non-hydrogen) atoms. The quantitative estimate of drug-likeness (QED) is 0.751. The number of fused-ring (bicyclic) bond motifs is 1. The molecule has 0 spiro atoms. The third kappa shape index (κ3) is 2.06. The normalized spacial score (nSPS) is 19.0. The highest BCUT2D eigenvalue weighted by Crippen LogP contribution is 2.20. The number of hydrogen-bond donors (Lipinski definition) is 1. The Morgan fingerprint density at radius 3 is 2.81 bits per heavy atom. The van der Waals surface area contributed by atoms with Crippen molar-refractivity contribution in [3.8, 4) is 0 Å². The number of nitrogens with one attached hydrogen (secondary N) is 1. The average molecular weight is 286 g/mol. The molecule has 108 valence electrons. The number of benzene rings is 1. The van der Waals surface area contributed by atoms with Crippen LogP contribution in [0.15, 0.2) is 24.3 Å². The first kappa shape index (κ1) is 13.3. The topological polar surface area (TPSA) is 84.3 Å². The van der Waals surface area contributed by atoms with Crippen LogP contribution in [0.3, 0.4) is 0 Å². The molecule has 3 amide bonds. The van der Waals surface area contributed by atoms with Crippen LogP contribution in [-0.2, 0) is 16.6 Å². The van der Waals surface area contributed by atoms with E-state index < -0.39 is 23.8 Å². The highest BCUT2D eigenvalue weighted by molar-refractivity contribution is 6.10. The van der Waals surface area contributed by atoms with Gasteiger partial charge in [0.05, 0.1) is 5.52 Å². The van der Waals surface area contributed by atoms with Crippen LogP contribution in [0.25, 0.3) is 10.9 Å². The maximum atomic E-state index is 12.6. The third-order valence-electron chi connectivity index (χ3n) is 3.64. The number of para-hydroxylation sites is 1. The van der Waals surface area contributed by atoms with Crippen LogP contribution < -0.4 is 5.32 Å². The van der Waals surface area contributed by atoms with Crippen LogP contribution in [0.1, 0.15) is 17.4 Å². The van der Waals surface area contributed by atoms with Gasteiger partial charge >= 0.3 is 0 Å². The molecule has 1 atom stereocenters. The Morgan fingerprint density at radius 2 is 2.05 bits per heavy atom. The summed E-state index contributed by atoms with van der Waals surface area (Å²) < 4.78 is 1.61. The lowest BCUT2D eigenvalue weighted by atomic mass is 10.1. The van der Waals surface area contributed by atoms with E-state index >= 15 is 0 Å². The number of rotatable bonds is 1. The smallest absolute Gasteiger partial charge is 0.276 e. The zero-order valence-corrected chi connectivity index (χ0v) is 11.7. The SMILES string of the molecule is CC1C(=O)NC(=O)CN1C(=O)c1nn(C)c2ccccc12. The van der Waals surface area contributed by atoms with Gasteiger partial charge in [-0.05, 0) is 13.0 Å². The molecule has 1 aliphatic rings. The molecule has 1 saturated heterocycles. The Bertz CT molecular complexity index is 765. The molecular formula is C14H14N4O3. The molecule has 1 unspecified atom stereocenters. The van der Waals surface area contributed by atoms with E-state index in [1.54, 1.807) is 24.7 Å². The van der Waals surface area contributed by atoms with Gasteiger partial charge < -0.3 is 4.90 Å². The van der Waals surface area contributed by atoms with Crippen molar-refractivity contribution in [1.29, 1.82) is 0 Å². The summed E-state index contributed by atoms with van der Waals surface area (Å²) in [5, 5.41) is 7.15. The maximum Gasteiger partial charge on any atom is 0.276 e. The summed E-state index contributed by atoms with van der Waals surface area (Å²) in [4.78, 5) is 37.0. The van der Waals surface area contributed by atoms with E-state index in [-0.39, 0.29) is 12.2 Å². The van der Waals surface area contributed by atoms with E-state index in [0.29, 0.717) is 5.39 Å². The van der Waals surface area contributed by atoms with Gasteiger partial charge in [-0.1, -0.05) is 18.2 Å². The zero-order valence-electron chi connectivity index (χ0n) is 11.7. The molecule has 1 aliphatic heterocycles. The van der Waals surface area contributed by atoms with Gasteiger partial charge in [-0.2, -0.15) is 5.10 Å². The van der Waals surface area contributed by atoms with Crippen molar-refractivity contribution in [2.24, 2.45) is 7.05 Å². The molecule has 7 nitrogen and oxygen atoms in total. The van der Waals surface area contributed by atoms with E-state index in [1.165, 1.54) is 4.90 Å². The van der Waals surface area contributed by atoms with Crippen molar-refractivity contribution >= 4 is 28.6 Å². The van der Waals surface area contributed by atoms with Gasteiger partial charge in [-0.3, -0.25) is 24.4 Å². The van der Waals surface area contributed by atoms with Gasteiger partial charge in [0.1, 0.15) is 12.6 Å². The van der Waals surface area contributed by atoms with Gasteiger partial charge in [0, 0.05) is 12.4 Å². The second-order valence-electron chi connectivity index (χ2n) is 5.01. The highest BCUT2D eigenvalue weighted by Gasteiger charge is 2.35. The summed E-state index contributed by atoms with van der Waals surface area (Å²) in [6, 6.07) is 6.63. The highest BCUT2D eigenvalue weighted by atomic mass is 16.2. The summed E-state index contributed by atoms with van der Waals surface area (Å²) in [6.07, 6.45) is 0. The van der Waals surface area contributed by atoms with Gasteiger partial charge in [0.15, 0.2) is 5.69 Å². The Kier molecular flexibility index (Phi) is 2.97. The van der Waals surface area contributed by atoms with Gasteiger partial charge in [-0.25, -0.2) is 0 Å². The first-order valence-corrected chi connectivity index (χ1v) is 6.55. The molecule has 0 aliphatic carbocycles. The number of carbonyl (C=O) groups excluding carboxylic acids is 3. The minimum absolute atomic E-state index is 0.142. The number of amides is 3. The fourth-order valence-electron chi connectivity index (χ4n) is 2.47. The summed E-state index contributed by atoms with van der Waals surface area (Å²) in [6.45, 7) is 1.45. The van der Waals surface area contributed by atoms with Gasteiger partial charge in [0.25, 0.3) is 5.91 Å². The fraction of sp³-hybridized carbons (Fsp3) is 0.286. The number of piperazine rings is 1. The average Bonchev–Trinajstić information content (AvgIpc) is 2.80. The summed E-state index contributed by atoms with van der Waals surface area (Å²) >= 11 is 0. The largest absolute Gasteiger partial charge is 0.316 e. The standard InChI is InChI=1S/C14H14N4O3/c1-8-13(20)15-11(19)7-18(8)14(21)12-9-5-3-4-6-10(9)17(2)16-12/h3-6,8H,7H2,1-2H3,(H,15,19,20). The third-order valence-corrected chi connectivity index (χ3v) is 3.64. The Balaban J connectivity index is 2.04. The lowest BCUT2D eigenvalue weighted by Gasteiger charge is -2.31. The van der Waals surface area contributed by atoms with E-state index in [0.717, 1.165) is 5.52 Å². The molecular weight excluding hydrogens is 272 g/mol. The maximum absolute atomic E-state index is 12.6. The lowest BCUT2D eigenvalue weighted by Crippen LogP contribution is -2.58. The van der Waals surface area contributed by atoms with Gasteiger partial charge in [-0.15, -0.1) is 0 Å². The van der Waals surface area contributed by atoms with E-state index in [9.17, 15) is 14.4 Å². The lowest BCUT2D eigenvalue weighted by molar-refractivity contribution is -0.138. The van der Waals surface area contributed by atoms with Crippen molar-refractivity contribution in [1.82, 2.24) is 20.0 Å². The summed E-state index contributed by atoms with van der Waals surface area (Å²) in [5.74, 6) is -1.37. The van der Waals surface area contributed by atoms with Crippen molar-refractivity contribution in [2.45, 2.75) is 13.0 Å². The van der Waals surface area contributed by atoms with Crippen molar-refractivity contribution in [3.63, 3.8) is 0 Å². The van der Waals surface area contributed by atoms with Crippen molar-refractivity contribution in [2.75, 3.05) is 6.54 Å².